The first-order valence-electron chi connectivity index (χ1n) is 9.22. The maximum absolute atomic E-state index is 12.8. The highest BCUT2D eigenvalue weighted by molar-refractivity contribution is 7.92. The van der Waals surface area contributed by atoms with Gasteiger partial charge < -0.3 is 10.1 Å². The third-order valence-electron chi connectivity index (χ3n) is 4.38. The van der Waals surface area contributed by atoms with Gasteiger partial charge in [-0.1, -0.05) is 6.07 Å². The monoisotopic (exact) mass is 452 g/mol. The number of carbonyl (C=O) groups excluding carboxylic acids is 3. The standard InChI is InChI=1S/C20H24N2O6S2/c1-6-28-20(25)22-18(24)16-12(4)13(5)29-19(16)21-17(23)14-8-7-9-15(10-14)30(26,27)11(2)3/h7-11H,6H2,1-5H3,(H,21,23)(H,22,24,25). The number of hydrogen-bond acceptors (Lipinski definition) is 7. The summed E-state index contributed by atoms with van der Waals surface area (Å²) in [4.78, 5) is 37.7. The summed E-state index contributed by atoms with van der Waals surface area (Å²) in [5.74, 6) is -1.26. The molecule has 3 amide bonds. The highest BCUT2D eigenvalue weighted by Crippen LogP contribution is 2.33. The number of benzene rings is 1. The molecule has 162 valence electrons. The number of rotatable bonds is 6. The summed E-state index contributed by atoms with van der Waals surface area (Å²) in [6.45, 7) is 8.34. The molecule has 0 aliphatic rings. The van der Waals surface area contributed by atoms with Crippen LogP contribution in [0.25, 0.3) is 0 Å². The smallest absolute Gasteiger partial charge is 0.414 e. The SMILES string of the molecule is CCOC(=O)NC(=O)c1c(NC(=O)c2cccc(S(=O)(=O)C(C)C)c2)sc(C)c1C. The van der Waals surface area contributed by atoms with E-state index >= 15 is 0 Å². The van der Waals surface area contributed by atoms with Crippen molar-refractivity contribution in [2.45, 2.75) is 44.8 Å². The average Bonchev–Trinajstić information content (AvgIpc) is 2.95. The lowest BCUT2D eigenvalue weighted by atomic mass is 10.1. The van der Waals surface area contributed by atoms with Crippen LogP contribution in [-0.4, -0.2) is 38.2 Å². The van der Waals surface area contributed by atoms with Crippen LogP contribution in [0.1, 0.15) is 51.9 Å². The molecule has 8 nitrogen and oxygen atoms in total. The van der Waals surface area contributed by atoms with Gasteiger partial charge in [-0.15, -0.1) is 11.3 Å². The van der Waals surface area contributed by atoms with E-state index in [9.17, 15) is 22.8 Å². The Kier molecular flexibility index (Phi) is 7.38. The number of alkyl carbamates (subject to hydrolysis) is 1. The van der Waals surface area contributed by atoms with Gasteiger partial charge in [0.05, 0.1) is 22.3 Å². The van der Waals surface area contributed by atoms with E-state index < -0.39 is 33.0 Å². The largest absolute Gasteiger partial charge is 0.450 e. The molecule has 2 aromatic rings. The molecule has 1 aromatic carbocycles. The van der Waals surface area contributed by atoms with Gasteiger partial charge in [-0.3, -0.25) is 14.9 Å². The minimum atomic E-state index is -3.54. The fourth-order valence-corrected chi connectivity index (χ4v) is 4.73. The van der Waals surface area contributed by atoms with E-state index in [0.29, 0.717) is 5.56 Å². The minimum absolute atomic E-state index is 0.0453. The number of aryl methyl sites for hydroxylation is 1. The van der Waals surface area contributed by atoms with Crippen molar-refractivity contribution < 1.29 is 27.5 Å². The van der Waals surface area contributed by atoms with Gasteiger partial charge in [0.15, 0.2) is 9.84 Å². The van der Waals surface area contributed by atoms with Crippen molar-refractivity contribution in [2.24, 2.45) is 0 Å². The summed E-state index contributed by atoms with van der Waals surface area (Å²) in [6.07, 6.45) is -0.880. The van der Waals surface area contributed by atoms with Gasteiger partial charge in [0.25, 0.3) is 11.8 Å². The molecule has 2 N–H and O–H groups in total. The van der Waals surface area contributed by atoms with Crippen molar-refractivity contribution in [1.29, 1.82) is 0 Å². The molecule has 2 rings (SSSR count). The van der Waals surface area contributed by atoms with E-state index in [4.69, 9.17) is 4.74 Å². The topological polar surface area (TPSA) is 119 Å². The van der Waals surface area contributed by atoms with Crippen molar-refractivity contribution in [1.82, 2.24) is 5.32 Å². The molecular formula is C20H24N2O6S2. The number of anilines is 1. The van der Waals surface area contributed by atoms with Crippen LogP contribution >= 0.6 is 11.3 Å². The summed E-state index contributed by atoms with van der Waals surface area (Å²) in [5.41, 5.74) is 0.912. The molecule has 0 aliphatic carbocycles. The second-order valence-electron chi connectivity index (χ2n) is 6.74. The lowest BCUT2D eigenvalue weighted by Crippen LogP contribution is -2.32. The van der Waals surface area contributed by atoms with Gasteiger partial charge >= 0.3 is 6.09 Å². The Morgan fingerprint density at radius 2 is 1.80 bits per heavy atom. The van der Waals surface area contributed by atoms with Crippen LogP contribution in [0.2, 0.25) is 0 Å². The lowest BCUT2D eigenvalue weighted by Gasteiger charge is -2.10. The number of thiophene rings is 1. The number of nitrogens with one attached hydrogen (secondary N) is 2. The molecule has 1 aromatic heterocycles. The Morgan fingerprint density at radius 1 is 1.13 bits per heavy atom. The van der Waals surface area contributed by atoms with Crippen LogP contribution in [0.15, 0.2) is 29.2 Å². The van der Waals surface area contributed by atoms with E-state index in [0.717, 1.165) is 4.88 Å². The van der Waals surface area contributed by atoms with Crippen LogP contribution in [0.3, 0.4) is 0 Å². The molecule has 0 saturated carbocycles. The Balaban J connectivity index is 2.33. The van der Waals surface area contributed by atoms with Gasteiger partial charge in [-0.2, -0.15) is 0 Å². The minimum Gasteiger partial charge on any atom is -0.450 e. The Hall–Kier alpha value is -2.72. The second kappa shape index (κ2) is 9.40. The first kappa shape index (κ1) is 23.6. The molecule has 0 spiro atoms. The van der Waals surface area contributed by atoms with Crippen LogP contribution in [-0.2, 0) is 14.6 Å². The van der Waals surface area contributed by atoms with Crippen molar-refractivity contribution in [3.8, 4) is 0 Å². The zero-order chi connectivity index (χ0) is 22.6. The van der Waals surface area contributed by atoms with Crippen LogP contribution in [0.5, 0.6) is 0 Å². The van der Waals surface area contributed by atoms with Crippen molar-refractivity contribution in [3.05, 3.63) is 45.8 Å². The van der Waals surface area contributed by atoms with Gasteiger partial charge in [0, 0.05) is 10.4 Å². The molecule has 0 aliphatic heterocycles. The summed E-state index contributed by atoms with van der Waals surface area (Å²) < 4.78 is 29.5. The quantitative estimate of drug-likeness (QED) is 0.690. The Morgan fingerprint density at radius 3 is 2.40 bits per heavy atom. The second-order valence-corrected chi connectivity index (χ2v) is 10.5. The summed E-state index contributed by atoms with van der Waals surface area (Å²) >= 11 is 1.18. The van der Waals surface area contributed by atoms with E-state index in [1.807, 2.05) is 0 Å². The van der Waals surface area contributed by atoms with E-state index in [1.165, 1.54) is 35.6 Å². The van der Waals surface area contributed by atoms with E-state index in [1.54, 1.807) is 34.6 Å². The molecule has 10 heteroatoms. The summed E-state index contributed by atoms with van der Waals surface area (Å²) in [6, 6.07) is 5.71. The fourth-order valence-electron chi connectivity index (χ4n) is 2.57. The number of imide groups is 1. The van der Waals surface area contributed by atoms with Crippen LogP contribution < -0.4 is 10.6 Å². The molecule has 0 atom stereocenters. The molecule has 0 bridgehead atoms. The van der Waals surface area contributed by atoms with Crippen molar-refractivity contribution in [2.75, 3.05) is 11.9 Å². The predicted octanol–water partition coefficient (Wildman–Crippen LogP) is 3.69. The maximum Gasteiger partial charge on any atom is 0.414 e. The third kappa shape index (κ3) is 5.06. The summed E-state index contributed by atoms with van der Waals surface area (Å²) in [7, 11) is -3.54. The lowest BCUT2D eigenvalue weighted by molar-refractivity contribution is 0.0925. The fraction of sp³-hybridized carbons (Fsp3) is 0.350. The first-order valence-corrected chi connectivity index (χ1v) is 11.6. The first-order chi connectivity index (χ1) is 14.0. The average molecular weight is 453 g/mol. The predicted molar refractivity (Wildman–Crippen MR) is 115 cm³/mol. The van der Waals surface area contributed by atoms with Crippen LogP contribution in [0, 0.1) is 13.8 Å². The molecule has 30 heavy (non-hydrogen) atoms. The number of amides is 3. The van der Waals surface area contributed by atoms with Crippen molar-refractivity contribution >= 4 is 44.1 Å². The normalized spacial score (nSPS) is 11.3. The summed E-state index contributed by atoms with van der Waals surface area (Å²) in [5, 5.41) is 4.41. The number of ether oxygens (including phenoxy) is 1. The maximum atomic E-state index is 12.8. The highest BCUT2D eigenvalue weighted by atomic mass is 32.2. The number of sulfone groups is 1. The van der Waals surface area contributed by atoms with Crippen LogP contribution in [0.4, 0.5) is 9.80 Å². The van der Waals surface area contributed by atoms with Gasteiger partial charge in [-0.05, 0) is 58.4 Å². The molecular weight excluding hydrogens is 428 g/mol. The van der Waals surface area contributed by atoms with E-state index in [-0.39, 0.29) is 27.6 Å². The molecule has 0 unspecified atom stereocenters. The van der Waals surface area contributed by atoms with Gasteiger partial charge in [0.1, 0.15) is 5.00 Å². The number of hydrogen-bond donors (Lipinski definition) is 2. The molecule has 1 heterocycles. The van der Waals surface area contributed by atoms with E-state index in [2.05, 4.69) is 10.6 Å². The third-order valence-corrected chi connectivity index (χ3v) is 7.65. The van der Waals surface area contributed by atoms with Crippen molar-refractivity contribution in [3.63, 3.8) is 0 Å². The molecule has 0 radical (unpaired) electrons. The molecule has 0 fully saturated rings. The number of carbonyl (C=O) groups is 3. The zero-order valence-electron chi connectivity index (χ0n) is 17.4. The molecule has 0 saturated heterocycles. The highest BCUT2D eigenvalue weighted by Gasteiger charge is 2.24. The van der Waals surface area contributed by atoms with Gasteiger partial charge in [0.2, 0.25) is 0 Å². The zero-order valence-corrected chi connectivity index (χ0v) is 19.0. The Labute approximate surface area is 179 Å². The Bertz CT molecular complexity index is 1090. The van der Waals surface area contributed by atoms with Gasteiger partial charge in [-0.25, -0.2) is 13.2 Å².